The van der Waals surface area contributed by atoms with E-state index >= 15 is 0 Å². The minimum absolute atomic E-state index is 0.122. The van der Waals surface area contributed by atoms with Crippen LogP contribution in [0.3, 0.4) is 0 Å². The molecule has 1 N–H and O–H groups in total. The van der Waals surface area contributed by atoms with Gasteiger partial charge in [-0.25, -0.2) is 17.6 Å². The second kappa shape index (κ2) is 6.61. The van der Waals surface area contributed by atoms with Gasteiger partial charge in [0.2, 0.25) is 0 Å². The summed E-state index contributed by atoms with van der Waals surface area (Å²) in [4.78, 5) is -0.256. The summed E-state index contributed by atoms with van der Waals surface area (Å²) in [5.74, 6) is -6.05. The SMILES string of the molecule is Fc1c(F)c(F)c(SNc2cccc(Cl)c2)c(CC2CC2)c1F. The third kappa shape index (κ3) is 3.58. The molecule has 7 heteroatoms. The molecule has 1 nitrogen and oxygen atoms in total. The fourth-order valence-corrected chi connectivity index (χ4v) is 3.23. The number of anilines is 1. The molecular formula is C16H12ClF4NS. The van der Waals surface area contributed by atoms with Crippen molar-refractivity contribution in [3.8, 4) is 0 Å². The molecule has 0 amide bonds. The van der Waals surface area contributed by atoms with Crippen molar-refractivity contribution in [1.29, 1.82) is 0 Å². The van der Waals surface area contributed by atoms with Gasteiger partial charge in [-0.3, -0.25) is 0 Å². The van der Waals surface area contributed by atoms with Crippen LogP contribution in [0.4, 0.5) is 23.2 Å². The van der Waals surface area contributed by atoms with E-state index in [2.05, 4.69) is 4.72 Å². The first-order chi connectivity index (χ1) is 11.0. The molecule has 0 atom stereocenters. The van der Waals surface area contributed by atoms with E-state index in [1.54, 1.807) is 24.3 Å². The summed E-state index contributed by atoms with van der Waals surface area (Å²) in [5.41, 5.74) is 0.424. The minimum atomic E-state index is -1.79. The van der Waals surface area contributed by atoms with Crippen LogP contribution in [-0.2, 0) is 6.42 Å². The van der Waals surface area contributed by atoms with Gasteiger partial charge in [0.1, 0.15) is 0 Å². The van der Waals surface area contributed by atoms with E-state index in [1.165, 1.54) is 0 Å². The van der Waals surface area contributed by atoms with E-state index in [0.717, 1.165) is 12.8 Å². The van der Waals surface area contributed by atoms with E-state index in [1.807, 2.05) is 0 Å². The van der Waals surface area contributed by atoms with E-state index in [-0.39, 0.29) is 22.8 Å². The quantitative estimate of drug-likeness (QED) is 0.305. The van der Waals surface area contributed by atoms with Crippen LogP contribution in [0.1, 0.15) is 18.4 Å². The Labute approximate surface area is 140 Å². The van der Waals surface area contributed by atoms with Gasteiger partial charge in [0.05, 0.1) is 4.90 Å². The van der Waals surface area contributed by atoms with Gasteiger partial charge in [0, 0.05) is 16.3 Å². The van der Waals surface area contributed by atoms with Crippen molar-refractivity contribution in [2.45, 2.75) is 24.2 Å². The first-order valence-corrected chi connectivity index (χ1v) is 8.20. The number of nitrogens with one attached hydrogen (secondary N) is 1. The Kier molecular flexibility index (Phi) is 4.73. The van der Waals surface area contributed by atoms with Gasteiger partial charge in [0.15, 0.2) is 23.3 Å². The Hall–Kier alpha value is -1.40. The maximum absolute atomic E-state index is 14.1. The maximum atomic E-state index is 14.1. The summed E-state index contributed by atoms with van der Waals surface area (Å²) < 4.78 is 57.9. The molecule has 0 aromatic heterocycles. The number of halogens is 5. The molecule has 2 aromatic carbocycles. The Balaban J connectivity index is 1.92. The average Bonchev–Trinajstić information content (AvgIpc) is 3.34. The van der Waals surface area contributed by atoms with Gasteiger partial charge < -0.3 is 4.72 Å². The Morgan fingerprint density at radius 3 is 2.39 bits per heavy atom. The van der Waals surface area contributed by atoms with Crippen LogP contribution >= 0.6 is 23.5 Å². The number of hydrogen-bond acceptors (Lipinski definition) is 2. The summed E-state index contributed by atoms with van der Waals surface area (Å²) in [6.07, 6.45) is 1.96. The molecule has 1 aliphatic carbocycles. The number of rotatable bonds is 5. The lowest BCUT2D eigenvalue weighted by molar-refractivity contribution is 0.390. The molecular weight excluding hydrogens is 350 g/mol. The van der Waals surface area contributed by atoms with Crippen molar-refractivity contribution < 1.29 is 17.6 Å². The molecule has 0 aliphatic heterocycles. The van der Waals surface area contributed by atoms with Crippen molar-refractivity contribution in [3.63, 3.8) is 0 Å². The van der Waals surface area contributed by atoms with Gasteiger partial charge in [-0.15, -0.1) is 0 Å². The predicted molar refractivity (Wildman–Crippen MR) is 83.6 cm³/mol. The molecule has 2 aromatic rings. The smallest absolute Gasteiger partial charge is 0.198 e. The molecule has 0 bridgehead atoms. The molecule has 0 spiro atoms. The molecule has 1 aliphatic rings. The maximum Gasteiger partial charge on any atom is 0.198 e. The van der Waals surface area contributed by atoms with E-state index in [9.17, 15) is 17.6 Å². The third-order valence-corrected chi connectivity index (χ3v) is 4.80. The van der Waals surface area contributed by atoms with Crippen LogP contribution in [0.2, 0.25) is 5.02 Å². The molecule has 1 saturated carbocycles. The van der Waals surface area contributed by atoms with Gasteiger partial charge >= 0.3 is 0 Å². The molecule has 0 heterocycles. The largest absolute Gasteiger partial charge is 0.325 e. The lowest BCUT2D eigenvalue weighted by Gasteiger charge is -2.14. The zero-order chi connectivity index (χ0) is 16.6. The zero-order valence-electron chi connectivity index (χ0n) is 11.8. The van der Waals surface area contributed by atoms with Crippen molar-refractivity contribution >= 4 is 29.2 Å². The highest BCUT2D eigenvalue weighted by molar-refractivity contribution is 8.00. The first kappa shape index (κ1) is 16.5. The van der Waals surface area contributed by atoms with Crippen molar-refractivity contribution in [1.82, 2.24) is 0 Å². The fraction of sp³-hybridized carbons (Fsp3) is 0.250. The van der Waals surface area contributed by atoms with Crippen molar-refractivity contribution in [2.24, 2.45) is 5.92 Å². The van der Waals surface area contributed by atoms with Crippen LogP contribution in [0.15, 0.2) is 29.2 Å². The van der Waals surface area contributed by atoms with E-state index in [0.29, 0.717) is 22.7 Å². The molecule has 1 fully saturated rings. The summed E-state index contributed by atoms with van der Waals surface area (Å²) in [5, 5.41) is 0.464. The third-order valence-electron chi connectivity index (χ3n) is 3.60. The standard InChI is InChI=1S/C16H12ClF4NS/c17-9-2-1-3-10(7-9)22-23-16-11(6-8-4-5-8)12(18)13(19)14(20)15(16)21/h1-3,7-8,22H,4-6H2. The number of hydrogen-bond donors (Lipinski definition) is 1. The predicted octanol–water partition coefficient (Wildman–Crippen LogP) is 5.97. The lowest BCUT2D eigenvalue weighted by atomic mass is 10.1. The normalized spacial score (nSPS) is 14.1. The van der Waals surface area contributed by atoms with Crippen LogP contribution in [-0.4, -0.2) is 0 Å². The number of benzene rings is 2. The lowest BCUT2D eigenvalue weighted by Crippen LogP contribution is -2.07. The van der Waals surface area contributed by atoms with Gasteiger partial charge in [-0.1, -0.05) is 17.7 Å². The minimum Gasteiger partial charge on any atom is -0.325 e. The molecule has 3 rings (SSSR count). The highest BCUT2D eigenvalue weighted by atomic mass is 35.5. The van der Waals surface area contributed by atoms with E-state index in [4.69, 9.17) is 11.6 Å². The highest BCUT2D eigenvalue weighted by Gasteiger charge is 2.30. The molecule has 0 unspecified atom stereocenters. The Morgan fingerprint density at radius 1 is 1.04 bits per heavy atom. The fourth-order valence-electron chi connectivity index (χ4n) is 2.22. The topological polar surface area (TPSA) is 12.0 Å². The van der Waals surface area contributed by atoms with Crippen molar-refractivity contribution in [2.75, 3.05) is 4.72 Å². The van der Waals surface area contributed by atoms with Crippen LogP contribution in [0.5, 0.6) is 0 Å². The zero-order valence-corrected chi connectivity index (χ0v) is 13.4. The van der Waals surface area contributed by atoms with E-state index < -0.39 is 23.3 Å². The summed E-state index contributed by atoms with van der Waals surface area (Å²) >= 11 is 6.56. The van der Waals surface area contributed by atoms with Crippen LogP contribution in [0.25, 0.3) is 0 Å². The summed E-state index contributed by atoms with van der Waals surface area (Å²) in [7, 11) is 0. The Morgan fingerprint density at radius 2 is 1.74 bits per heavy atom. The van der Waals surface area contributed by atoms with Crippen LogP contribution < -0.4 is 4.72 Å². The highest BCUT2D eigenvalue weighted by Crippen LogP contribution is 2.39. The Bertz CT molecular complexity index is 749. The molecule has 23 heavy (non-hydrogen) atoms. The van der Waals surface area contributed by atoms with Crippen molar-refractivity contribution in [3.05, 3.63) is 58.1 Å². The average molecular weight is 362 g/mol. The van der Waals surface area contributed by atoms with Crippen LogP contribution in [0, 0.1) is 29.2 Å². The molecule has 0 radical (unpaired) electrons. The van der Waals surface area contributed by atoms with Gasteiger partial charge in [-0.05, 0) is 55.3 Å². The monoisotopic (exact) mass is 361 g/mol. The summed E-state index contributed by atoms with van der Waals surface area (Å²) in [6.45, 7) is 0. The summed E-state index contributed by atoms with van der Waals surface area (Å²) in [6, 6.07) is 6.60. The van der Waals surface area contributed by atoms with Gasteiger partial charge in [-0.2, -0.15) is 0 Å². The van der Waals surface area contributed by atoms with Gasteiger partial charge in [0.25, 0.3) is 0 Å². The molecule has 0 saturated heterocycles. The molecule has 122 valence electrons. The first-order valence-electron chi connectivity index (χ1n) is 7.00. The second-order valence-corrected chi connectivity index (χ2v) is 6.68. The second-order valence-electron chi connectivity index (χ2n) is 5.43.